The van der Waals surface area contributed by atoms with E-state index in [0.717, 1.165) is 21.5 Å². The number of hydrogen-bond donors (Lipinski definition) is 2. The number of halogens is 2. The Balaban J connectivity index is 0.00000506. The number of carbonyl (C=O) groups is 3. The highest BCUT2D eigenvalue weighted by Gasteiger charge is 2.49. The van der Waals surface area contributed by atoms with Crippen LogP contribution in [0.1, 0.15) is 18.1 Å². The van der Waals surface area contributed by atoms with Gasteiger partial charge < -0.3 is 25.6 Å². The van der Waals surface area contributed by atoms with Gasteiger partial charge in [-0.2, -0.15) is 5.26 Å². The van der Waals surface area contributed by atoms with Crippen molar-refractivity contribution in [1.29, 1.82) is 5.26 Å². The summed E-state index contributed by atoms with van der Waals surface area (Å²) in [5.74, 6) is -3.78. The third kappa shape index (κ3) is 6.47. The fraction of sp³-hybridized carbons (Fsp3) is 0.310. The monoisotopic (exact) mass is 691 g/mol. The van der Waals surface area contributed by atoms with Crippen molar-refractivity contribution in [3.63, 3.8) is 0 Å². The molecule has 2 atom stereocenters. The summed E-state index contributed by atoms with van der Waals surface area (Å²) in [4.78, 5) is 43.4. The summed E-state index contributed by atoms with van der Waals surface area (Å²) >= 11 is 3.57. The normalized spacial score (nSPS) is 16.4. The van der Waals surface area contributed by atoms with Gasteiger partial charge in [0.05, 0.1) is 42.6 Å². The quantitative estimate of drug-likeness (QED) is 0.364. The first-order valence-electron chi connectivity index (χ1n) is 12.8. The number of amides is 3. The first-order chi connectivity index (χ1) is 19.7. The minimum atomic E-state index is -3.76. The molecule has 228 valence electrons. The van der Waals surface area contributed by atoms with Gasteiger partial charge in [0.1, 0.15) is 17.0 Å². The van der Waals surface area contributed by atoms with E-state index in [-0.39, 0.29) is 42.4 Å². The maximum atomic E-state index is 14.6. The number of nitrogens with two attached hydrogens (primary N) is 1. The Bertz CT molecular complexity index is 1760. The highest BCUT2D eigenvalue weighted by Crippen LogP contribution is 2.41. The van der Waals surface area contributed by atoms with Crippen LogP contribution in [0.2, 0.25) is 0 Å². The summed E-state index contributed by atoms with van der Waals surface area (Å²) in [6.45, 7) is 1.05. The maximum Gasteiger partial charge on any atom is 0.242 e. The Morgan fingerprint density at radius 2 is 1.88 bits per heavy atom. The Hall–Kier alpha value is -3.70. The van der Waals surface area contributed by atoms with Gasteiger partial charge in [-0.3, -0.25) is 14.4 Å². The second kappa shape index (κ2) is 12.9. The number of anilines is 2. The van der Waals surface area contributed by atoms with Crippen molar-refractivity contribution in [3.8, 4) is 11.8 Å². The number of benzene rings is 3. The summed E-state index contributed by atoms with van der Waals surface area (Å²) in [7, 11) is -0.776. The lowest BCUT2D eigenvalue weighted by Crippen LogP contribution is -2.63. The van der Waals surface area contributed by atoms with E-state index in [1.54, 1.807) is 6.07 Å². The molecule has 0 aliphatic carbocycles. The van der Waals surface area contributed by atoms with Crippen LogP contribution in [0.15, 0.2) is 53.0 Å². The van der Waals surface area contributed by atoms with Crippen molar-refractivity contribution in [2.24, 2.45) is 11.7 Å². The molecule has 0 radical (unpaired) electrons. The molecule has 0 bridgehead atoms. The van der Waals surface area contributed by atoms with Crippen LogP contribution in [0.25, 0.3) is 10.8 Å². The number of hydrogen-bond acceptors (Lipinski definition) is 8. The Labute approximate surface area is 264 Å². The fourth-order valence-corrected chi connectivity index (χ4v) is 6.28. The zero-order valence-corrected chi connectivity index (χ0v) is 27.1. The van der Waals surface area contributed by atoms with Crippen LogP contribution in [0, 0.1) is 17.2 Å². The van der Waals surface area contributed by atoms with Crippen LogP contribution >= 0.6 is 28.3 Å². The number of nitrogens with one attached hydrogen (secondary N) is 1. The average Bonchev–Trinajstić information content (AvgIpc) is 3.06. The van der Waals surface area contributed by atoms with Gasteiger partial charge in [0.15, 0.2) is 9.84 Å². The zero-order chi connectivity index (χ0) is 31.0. The Kier molecular flexibility index (Phi) is 10.1. The molecule has 1 aliphatic heterocycles. The summed E-state index contributed by atoms with van der Waals surface area (Å²) in [5.41, 5.74) is 5.41. The number of likely N-dealkylation sites (N-methyl/N-ethyl adjacent to an activating group) is 1. The van der Waals surface area contributed by atoms with Crippen LogP contribution in [0.5, 0.6) is 5.75 Å². The lowest BCUT2D eigenvalue weighted by molar-refractivity contribution is -0.133. The van der Waals surface area contributed by atoms with E-state index in [9.17, 15) is 28.1 Å². The van der Waals surface area contributed by atoms with Crippen molar-refractivity contribution in [1.82, 2.24) is 5.32 Å². The van der Waals surface area contributed by atoms with Gasteiger partial charge in [0.25, 0.3) is 0 Å². The van der Waals surface area contributed by atoms with E-state index in [2.05, 4.69) is 27.3 Å². The van der Waals surface area contributed by atoms with Crippen molar-refractivity contribution in [2.75, 3.05) is 42.5 Å². The molecular formula is C29H31BrClN5O6S. The number of primary amides is 1. The number of nitrogens with zero attached hydrogens (tertiary/aromatic N) is 3. The lowest BCUT2D eigenvalue weighted by Gasteiger charge is -2.36. The first kappa shape index (κ1) is 33.8. The molecule has 14 heteroatoms. The molecule has 1 unspecified atom stereocenters. The highest BCUT2D eigenvalue weighted by molar-refractivity contribution is 9.10. The number of nitriles is 1. The minimum absolute atomic E-state index is 0. The summed E-state index contributed by atoms with van der Waals surface area (Å²) in [6.07, 6.45) is 0.934. The molecule has 0 aromatic heterocycles. The smallest absolute Gasteiger partial charge is 0.242 e. The van der Waals surface area contributed by atoms with Crippen molar-refractivity contribution >= 4 is 78.0 Å². The lowest BCUT2D eigenvalue weighted by atomic mass is 9.83. The molecule has 1 heterocycles. The van der Waals surface area contributed by atoms with Gasteiger partial charge in [-0.1, -0.05) is 28.1 Å². The predicted octanol–water partition coefficient (Wildman–Crippen LogP) is 2.91. The third-order valence-corrected chi connectivity index (χ3v) is 9.11. The molecule has 4 rings (SSSR count). The van der Waals surface area contributed by atoms with Gasteiger partial charge in [-0.25, -0.2) is 8.42 Å². The molecule has 0 saturated carbocycles. The van der Waals surface area contributed by atoms with E-state index in [1.165, 1.54) is 49.1 Å². The topological polar surface area (TPSA) is 163 Å². The van der Waals surface area contributed by atoms with Crippen molar-refractivity contribution in [2.45, 2.75) is 19.0 Å². The number of carbonyl (C=O) groups excluding carboxylic acids is 3. The Morgan fingerprint density at radius 1 is 1.19 bits per heavy atom. The highest BCUT2D eigenvalue weighted by atomic mass is 79.9. The van der Waals surface area contributed by atoms with Crippen molar-refractivity contribution < 1.29 is 27.5 Å². The van der Waals surface area contributed by atoms with E-state index < -0.39 is 44.8 Å². The van der Waals surface area contributed by atoms with Gasteiger partial charge in [0, 0.05) is 22.8 Å². The molecule has 43 heavy (non-hydrogen) atoms. The number of rotatable bonds is 8. The van der Waals surface area contributed by atoms with E-state index in [1.807, 2.05) is 24.3 Å². The maximum absolute atomic E-state index is 14.6. The average molecular weight is 693 g/mol. The third-order valence-electron chi connectivity index (χ3n) is 7.64. The van der Waals surface area contributed by atoms with Crippen LogP contribution in [-0.4, -0.2) is 64.4 Å². The molecule has 0 spiro atoms. The van der Waals surface area contributed by atoms with Gasteiger partial charge in [-0.15, -0.1) is 12.4 Å². The van der Waals surface area contributed by atoms with Crippen LogP contribution in [0.3, 0.4) is 0 Å². The summed E-state index contributed by atoms with van der Waals surface area (Å²) in [6, 6.07) is 15.8. The van der Waals surface area contributed by atoms with E-state index >= 15 is 0 Å². The first-order valence-corrected chi connectivity index (χ1v) is 15.7. The molecule has 3 aromatic carbocycles. The number of fused-ring (bicyclic) bond motifs is 2. The second-order valence-electron chi connectivity index (χ2n) is 10.3. The van der Waals surface area contributed by atoms with Gasteiger partial charge >= 0.3 is 0 Å². The fourth-order valence-electron chi connectivity index (χ4n) is 5.18. The number of ether oxygens (including phenoxy) is 1. The zero-order valence-electron chi connectivity index (χ0n) is 23.9. The summed E-state index contributed by atoms with van der Waals surface area (Å²) in [5, 5.41) is 14.2. The molecule has 3 aromatic rings. The standard InChI is InChI=1S/C29H30BrN5O6S.ClH/c1-29(33-2,28(32)38)21-15-34(26(36)16-42(4,39)40)23-10-8-17(13-31)12-24(23)35(27(21)37)14-20-18-6-5-7-22(30)19(18)9-11-25(20)41-3;/h5-12,21,33H,14-16H2,1-4H3,(H2,32,38);1H/t21-,29?;/m1./s1. The molecule has 1 aliphatic rings. The Morgan fingerprint density at radius 3 is 2.47 bits per heavy atom. The minimum Gasteiger partial charge on any atom is -0.496 e. The second-order valence-corrected chi connectivity index (χ2v) is 13.3. The van der Waals surface area contributed by atoms with Crippen LogP contribution in [0.4, 0.5) is 11.4 Å². The van der Waals surface area contributed by atoms with Gasteiger partial charge in [0.2, 0.25) is 17.7 Å². The predicted molar refractivity (Wildman–Crippen MR) is 170 cm³/mol. The summed E-state index contributed by atoms with van der Waals surface area (Å²) < 4.78 is 30.8. The molecular weight excluding hydrogens is 662 g/mol. The molecule has 0 fully saturated rings. The van der Waals surface area contributed by atoms with E-state index in [0.29, 0.717) is 11.3 Å². The largest absolute Gasteiger partial charge is 0.496 e. The van der Waals surface area contributed by atoms with Crippen LogP contribution in [-0.2, 0) is 30.8 Å². The molecule has 11 nitrogen and oxygen atoms in total. The molecule has 3 N–H and O–H groups in total. The van der Waals surface area contributed by atoms with E-state index in [4.69, 9.17) is 10.5 Å². The SMILES string of the molecule is CNC(C)(C(N)=O)[C@@H]1CN(C(=O)CS(C)(=O)=O)c2ccc(C#N)cc2N(Cc2c(OC)ccc3c(Br)cccc23)C1=O.Cl. The van der Waals surface area contributed by atoms with Crippen LogP contribution < -0.4 is 25.6 Å². The molecule has 3 amide bonds. The molecule has 0 saturated heterocycles. The van der Waals surface area contributed by atoms with Crippen molar-refractivity contribution in [3.05, 3.63) is 64.1 Å². The van der Waals surface area contributed by atoms with Gasteiger partial charge in [-0.05, 0) is 61.1 Å². The number of sulfone groups is 1. The number of methoxy groups -OCH3 is 1.